The van der Waals surface area contributed by atoms with Crippen LogP contribution < -0.4 is 0 Å². The molecule has 130 valence electrons. The number of nitrogens with zero attached hydrogens (tertiary/aromatic N) is 2. The topological polar surface area (TPSA) is 66.9 Å². The summed E-state index contributed by atoms with van der Waals surface area (Å²) >= 11 is 6.56. The molecule has 0 N–H and O–H groups in total. The zero-order chi connectivity index (χ0) is 17.0. The van der Waals surface area contributed by atoms with Crippen molar-refractivity contribution in [2.45, 2.75) is 25.8 Å². The van der Waals surface area contributed by atoms with Gasteiger partial charge in [0, 0.05) is 39.0 Å². The molecular formula is C14H22N2O4S3. The van der Waals surface area contributed by atoms with Crippen molar-refractivity contribution in [3.63, 3.8) is 0 Å². The molecule has 0 aliphatic carbocycles. The Labute approximate surface area is 147 Å². The molecule has 9 heteroatoms. The molecule has 1 atom stereocenters. The van der Waals surface area contributed by atoms with E-state index in [0.717, 1.165) is 6.42 Å². The lowest BCUT2D eigenvalue weighted by molar-refractivity contribution is -0.122. The Morgan fingerprint density at radius 1 is 1.52 bits per heavy atom. The summed E-state index contributed by atoms with van der Waals surface area (Å²) < 4.78 is 28.9. The maximum absolute atomic E-state index is 12.5. The van der Waals surface area contributed by atoms with Gasteiger partial charge >= 0.3 is 0 Å². The third-order valence-electron chi connectivity index (χ3n) is 3.93. The third-order valence-corrected chi connectivity index (χ3v) is 7.05. The number of methoxy groups -OCH3 is 1. The summed E-state index contributed by atoms with van der Waals surface area (Å²) in [5.41, 5.74) is 0. The molecule has 0 bridgehead atoms. The number of carbonyl (C=O) groups excluding carboxylic acids is 1. The molecule has 0 spiro atoms. The van der Waals surface area contributed by atoms with Gasteiger partial charge in [0.1, 0.15) is 4.32 Å². The van der Waals surface area contributed by atoms with Gasteiger partial charge in [0.25, 0.3) is 5.91 Å². The monoisotopic (exact) mass is 378 g/mol. The minimum Gasteiger partial charge on any atom is -0.385 e. The van der Waals surface area contributed by atoms with Crippen molar-refractivity contribution in [2.24, 2.45) is 0 Å². The van der Waals surface area contributed by atoms with Crippen LogP contribution in [0.25, 0.3) is 0 Å². The summed E-state index contributed by atoms with van der Waals surface area (Å²) in [6, 6.07) is -0.0537. The number of sulfone groups is 1. The van der Waals surface area contributed by atoms with Crippen molar-refractivity contribution >= 4 is 44.0 Å². The fourth-order valence-corrected chi connectivity index (χ4v) is 5.74. The largest absolute Gasteiger partial charge is 0.385 e. The molecule has 2 heterocycles. The number of hydrogen-bond donors (Lipinski definition) is 0. The number of hydrogen-bond acceptors (Lipinski definition) is 7. The highest BCUT2D eigenvalue weighted by Gasteiger charge is 2.35. The molecule has 1 unspecified atom stereocenters. The Morgan fingerprint density at radius 3 is 2.83 bits per heavy atom. The first-order chi connectivity index (χ1) is 10.9. The Hall–Kier alpha value is -0.640. The van der Waals surface area contributed by atoms with Gasteiger partial charge < -0.3 is 9.64 Å². The lowest BCUT2D eigenvalue weighted by Gasteiger charge is -2.25. The molecule has 2 aliphatic rings. The smallest absolute Gasteiger partial charge is 0.267 e. The molecule has 1 amide bonds. The van der Waals surface area contributed by atoms with Gasteiger partial charge in [-0.25, -0.2) is 8.42 Å². The molecule has 6 nitrogen and oxygen atoms in total. The van der Waals surface area contributed by atoms with E-state index in [1.54, 1.807) is 18.2 Å². The highest BCUT2D eigenvalue weighted by Crippen LogP contribution is 2.32. The highest BCUT2D eigenvalue weighted by molar-refractivity contribution is 8.26. The molecule has 2 saturated heterocycles. The first kappa shape index (κ1) is 18.7. The van der Waals surface area contributed by atoms with E-state index in [-0.39, 0.29) is 23.5 Å². The van der Waals surface area contributed by atoms with E-state index in [4.69, 9.17) is 17.0 Å². The quantitative estimate of drug-likeness (QED) is 0.375. The summed E-state index contributed by atoms with van der Waals surface area (Å²) in [6.45, 7) is 3.74. The van der Waals surface area contributed by atoms with Crippen LogP contribution in [0.5, 0.6) is 0 Å². The normalized spacial score (nSPS) is 25.6. The van der Waals surface area contributed by atoms with Crippen molar-refractivity contribution in [1.82, 2.24) is 9.80 Å². The summed E-state index contributed by atoms with van der Waals surface area (Å²) in [5, 5.41) is 0. The van der Waals surface area contributed by atoms with E-state index >= 15 is 0 Å². The molecule has 2 rings (SSSR count). The zero-order valence-electron chi connectivity index (χ0n) is 13.4. The second-order valence-electron chi connectivity index (χ2n) is 5.55. The van der Waals surface area contributed by atoms with E-state index in [1.807, 2.05) is 11.8 Å². The van der Waals surface area contributed by atoms with E-state index in [0.29, 0.717) is 35.3 Å². The second-order valence-corrected chi connectivity index (χ2v) is 9.46. The van der Waals surface area contributed by atoms with Crippen LogP contribution >= 0.6 is 24.0 Å². The van der Waals surface area contributed by atoms with Gasteiger partial charge in [0.15, 0.2) is 9.84 Å². The predicted molar refractivity (Wildman–Crippen MR) is 95.9 cm³/mol. The molecule has 23 heavy (non-hydrogen) atoms. The molecule has 2 aliphatic heterocycles. The van der Waals surface area contributed by atoms with Crippen molar-refractivity contribution in [2.75, 3.05) is 38.3 Å². The lowest BCUT2D eigenvalue weighted by atomic mass is 10.2. The van der Waals surface area contributed by atoms with E-state index in [1.165, 1.54) is 11.8 Å². The average Bonchev–Trinajstić information content (AvgIpc) is 2.98. The number of amides is 1. The first-order valence-corrected chi connectivity index (χ1v) is 10.6. The van der Waals surface area contributed by atoms with Crippen LogP contribution in [0, 0.1) is 0 Å². The summed E-state index contributed by atoms with van der Waals surface area (Å²) in [4.78, 5) is 16.6. The highest BCUT2D eigenvalue weighted by atomic mass is 32.2. The van der Waals surface area contributed by atoms with Gasteiger partial charge in [-0.2, -0.15) is 0 Å². The Balaban J connectivity index is 2.06. The summed E-state index contributed by atoms with van der Waals surface area (Å²) in [5.74, 6) is 0.279. The van der Waals surface area contributed by atoms with E-state index in [2.05, 4.69) is 0 Å². The molecular weight excluding hydrogens is 356 g/mol. The number of thiocarbonyl (C=S) groups is 1. The molecule has 0 aromatic heterocycles. The average molecular weight is 379 g/mol. The fraction of sp³-hybridized carbons (Fsp3) is 0.714. The standard InChI is InChI=1S/C14H22N2O4S3/c1-3-15(11-5-8-23(18,19)10-11)9-12-13(17)16(14(21)22-12)6-4-7-20-2/h9,11H,3-8,10H2,1-2H3/b12-9-. The van der Waals surface area contributed by atoms with Gasteiger partial charge in [-0.1, -0.05) is 24.0 Å². The molecule has 0 radical (unpaired) electrons. The lowest BCUT2D eigenvalue weighted by Crippen LogP contribution is -2.33. The van der Waals surface area contributed by atoms with E-state index in [9.17, 15) is 13.2 Å². The Bertz CT molecular complexity index is 603. The van der Waals surface area contributed by atoms with Crippen molar-refractivity contribution < 1.29 is 17.9 Å². The van der Waals surface area contributed by atoms with Crippen molar-refractivity contribution in [1.29, 1.82) is 0 Å². The first-order valence-electron chi connectivity index (χ1n) is 7.58. The van der Waals surface area contributed by atoms with Crippen LogP contribution in [-0.2, 0) is 19.4 Å². The van der Waals surface area contributed by atoms with Crippen LogP contribution in [0.3, 0.4) is 0 Å². The van der Waals surface area contributed by atoms with Gasteiger partial charge in [-0.15, -0.1) is 0 Å². The van der Waals surface area contributed by atoms with Gasteiger partial charge in [-0.05, 0) is 19.8 Å². The van der Waals surface area contributed by atoms with Crippen LogP contribution in [0.15, 0.2) is 11.1 Å². The maximum atomic E-state index is 12.5. The number of ether oxygens (including phenoxy) is 1. The van der Waals surface area contributed by atoms with Crippen molar-refractivity contribution in [3.8, 4) is 0 Å². The minimum atomic E-state index is -2.95. The maximum Gasteiger partial charge on any atom is 0.267 e. The molecule has 0 aromatic rings. The molecule has 2 fully saturated rings. The fourth-order valence-electron chi connectivity index (χ4n) is 2.69. The Kier molecular flexibility index (Phi) is 6.47. The Morgan fingerprint density at radius 2 is 2.26 bits per heavy atom. The van der Waals surface area contributed by atoms with Crippen LogP contribution in [-0.4, -0.2) is 72.8 Å². The van der Waals surface area contributed by atoms with Gasteiger partial charge in [0.2, 0.25) is 0 Å². The van der Waals surface area contributed by atoms with Crippen LogP contribution in [0.1, 0.15) is 19.8 Å². The molecule has 0 aromatic carbocycles. The van der Waals surface area contributed by atoms with Gasteiger partial charge in [-0.3, -0.25) is 9.69 Å². The van der Waals surface area contributed by atoms with Crippen LogP contribution in [0.2, 0.25) is 0 Å². The number of thioether (sulfide) groups is 1. The SMILES string of the molecule is CCN(/C=C1\SC(=S)N(CCCOC)C1=O)C1CCS(=O)(=O)C1. The summed E-state index contributed by atoms with van der Waals surface area (Å²) in [6.07, 6.45) is 3.12. The third kappa shape index (κ3) is 4.68. The molecule has 0 saturated carbocycles. The number of carbonyl (C=O) groups is 1. The second kappa shape index (κ2) is 7.96. The zero-order valence-corrected chi connectivity index (χ0v) is 15.8. The minimum absolute atomic E-state index is 0.0537. The van der Waals surface area contributed by atoms with Gasteiger partial charge in [0.05, 0.1) is 16.4 Å². The summed E-state index contributed by atoms with van der Waals surface area (Å²) in [7, 11) is -1.32. The van der Waals surface area contributed by atoms with Crippen molar-refractivity contribution in [3.05, 3.63) is 11.1 Å². The predicted octanol–water partition coefficient (Wildman–Crippen LogP) is 1.23. The number of rotatable bonds is 7. The van der Waals surface area contributed by atoms with E-state index < -0.39 is 9.84 Å². The van der Waals surface area contributed by atoms with Crippen LogP contribution in [0.4, 0.5) is 0 Å².